The van der Waals surface area contributed by atoms with Crippen LogP contribution in [0.4, 0.5) is 32.0 Å². The van der Waals surface area contributed by atoms with Gasteiger partial charge in [0.15, 0.2) is 17.0 Å². The van der Waals surface area contributed by atoms with Crippen molar-refractivity contribution in [3.8, 4) is 10.6 Å². The Morgan fingerprint density at radius 1 is 1.03 bits per heavy atom. The number of carbonyl (C=O) groups is 1. The van der Waals surface area contributed by atoms with Crippen molar-refractivity contribution >= 4 is 44.5 Å². The van der Waals surface area contributed by atoms with Crippen LogP contribution in [-0.2, 0) is 12.4 Å². The minimum absolute atomic E-state index is 0.00907. The summed E-state index contributed by atoms with van der Waals surface area (Å²) in [5, 5.41) is 7.41. The number of carbonyl (C=O) groups excluding carboxylic acids is 1. The van der Waals surface area contributed by atoms with Gasteiger partial charge in [-0.25, -0.2) is 9.50 Å². The summed E-state index contributed by atoms with van der Waals surface area (Å²) >= 11 is 4.20. The van der Waals surface area contributed by atoms with Crippen LogP contribution in [-0.4, -0.2) is 20.5 Å². The van der Waals surface area contributed by atoms with E-state index in [1.54, 1.807) is 17.5 Å². The number of fused-ring (bicyclic) bond motifs is 1. The van der Waals surface area contributed by atoms with Crippen LogP contribution in [0.5, 0.6) is 0 Å². The predicted octanol–water partition coefficient (Wildman–Crippen LogP) is 6.51. The van der Waals surface area contributed by atoms with E-state index in [9.17, 15) is 31.1 Å². The molecule has 13 heteroatoms. The summed E-state index contributed by atoms with van der Waals surface area (Å²) < 4.78 is 80.9. The molecule has 0 unspecified atom stereocenters. The van der Waals surface area contributed by atoms with E-state index in [2.05, 4.69) is 31.3 Å². The quantitative estimate of drug-likeness (QED) is 0.305. The molecule has 32 heavy (non-hydrogen) atoms. The third-order valence-electron chi connectivity index (χ3n) is 4.29. The van der Waals surface area contributed by atoms with Gasteiger partial charge in [0.1, 0.15) is 0 Å². The number of benzene rings is 1. The molecule has 1 aromatic carbocycles. The van der Waals surface area contributed by atoms with Gasteiger partial charge in [-0.1, -0.05) is 18.2 Å². The topological polar surface area (TPSA) is 59.3 Å². The molecule has 1 amide bonds. The fourth-order valence-electron chi connectivity index (χ4n) is 2.91. The molecule has 0 fully saturated rings. The Hall–Kier alpha value is -2.93. The van der Waals surface area contributed by atoms with E-state index in [4.69, 9.17) is 0 Å². The van der Waals surface area contributed by atoms with Gasteiger partial charge >= 0.3 is 12.4 Å². The van der Waals surface area contributed by atoms with E-state index >= 15 is 0 Å². The van der Waals surface area contributed by atoms with Crippen LogP contribution in [0.15, 0.2) is 52.3 Å². The molecular weight excluding hydrogens is 526 g/mol. The minimum Gasteiger partial charge on any atom is -0.320 e. The number of para-hydroxylation sites is 1. The molecule has 0 aliphatic heterocycles. The highest BCUT2D eigenvalue weighted by atomic mass is 79.9. The number of nitrogens with one attached hydrogen (secondary N) is 1. The third kappa shape index (κ3) is 4.09. The molecule has 0 radical (unpaired) electrons. The van der Waals surface area contributed by atoms with Crippen LogP contribution in [0.1, 0.15) is 21.7 Å². The van der Waals surface area contributed by atoms with Crippen molar-refractivity contribution in [3.05, 3.63) is 69.3 Å². The number of anilines is 1. The molecule has 0 atom stereocenters. The Balaban J connectivity index is 1.83. The number of alkyl halides is 6. The Labute approximate surface area is 187 Å². The highest BCUT2D eigenvalue weighted by Crippen LogP contribution is 2.37. The molecular formula is C19H9BrF6N4OS. The largest absolute Gasteiger partial charge is 0.433 e. The number of halogens is 7. The number of thiophene rings is 1. The van der Waals surface area contributed by atoms with E-state index in [1.165, 1.54) is 17.4 Å². The zero-order valence-corrected chi connectivity index (χ0v) is 17.8. The predicted molar refractivity (Wildman–Crippen MR) is 108 cm³/mol. The lowest BCUT2D eigenvalue weighted by molar-refractivity contribution is -0.142. The minimum atomic E-state index is -4.84. The molecule has 0 bridgehead atoms. The van der Waals surface area contributed by atoms with Crippen molar-refractivity contribution in [1.29, 1.82) is 0 Å². The number of hydrogen-bond acceptors (Lipinski definition) is 4. The van der Waals surface area contributed by atoms with Crippen LogP contribution in [0.3, 0.4) is 0 Å². The Kier molecular flexibility index (Phi) is 5.49. The zero-order valence-electron chi connectivity index (χ0n) is 15.4. The molecule has 0 spiro atoms. The molecule has 0 aliphatic carbocycles. The van der Waals surface area contributed by atoms with Crippen molar-refractivity contribution in [2.24, 2.45) is 0 Å². The first kappa shape index (κ1) is 22.3. The van der Waals surface area contributed by atoms with Gasteiger partial charge in [0, 0.05) is 0 Å². The summed E-state index contributed by atoms with van der Waals surface area (Å²) in [6.45, 7) is 0. The Morgan fingerprint density at radius 2 is 1.75 bits per heavy atom. The normalized spacial score (nSPS) is 12.3. The van der Waals surface area contributed by atoms with Gasteiger partial charge in [-0.2, -0.15) is 31.4 Å². The van der Waals surface area contributed by atoms with E-state index < -0.39 is 40.9 Å². The maximum Gasteiger partial charge on any atom is 0.433 e. The first-order valence-electron chi connectivity index (χ1n) is 8.64. The highest BCUT2D eigenvalue weighted by molar-refractivity contribution is 9.10. The third-order valence-corrected chi connectivity index (χ3v) is 5.92. The first-order valence-corrected chi connectivity index (χ1v) is 10.3. The lowest BCUT2D eigenvalue weighted by Crippen LogP contribution is -2.18. The summed E-state index contributed by atoms with van der Waals surface area (Å²) in [6, 6.07) is 8.23. The SMILES string of the molecule is O=C(Nc1ccccc1C(F)(F)F)c1nn2c(C(F)(F)F)cc(-c3cccs3)nc2c1Br. The molecule has 3 heterocycles. The van der Waals surface area contributed by atoms with Crippen molar-refractivity contribution in [3.63, 3.8) is 0 Å². The summed E-state index contributed by atoms with van der Waals surface area (Å²) in [7, 11) is 0. The van der Waals surface area contributed by atoms with Gasteiger partial charge in [0.25, 0.3) is 5.91 Å². The van der Waals surface area contributed by atoms with Gasteiger partial charge in [-0.15, -0.1) is 11.3 Å². The van der Waals surface area contributed by atoms with Crippen LogP contribution in [0, 0.1) is 0 Å². The maximum atomic E-state index is 13.7. The summed E-state index contributed by atoms with van der Waals surface area (Å²) in [5.41, 5.74) is -3.71. The molecule has 0 saturated carbocycles. The fourth-order valence-corrected chi connectivity index (χ4v) is 4.11. The number of aromatic nitrogens is 3. The Morgan fingerprint density at radius 3 is 2.38 bits per heavy atom. The number of hydrogen-bond donors (Lipinski definition) is 1. The zero-order chi connectivity index (χ0) is 23.3. The average molecular weight is 535 g/mol. The summed E-state index contributed by atoms with van der Waals surface area (Å²) in [6.07, 6.45) is -9.59. The van der Waals surface area contributed by atoms with Gasteiger partial charge in [0.2, 0.25) is 0 Å². The lowest BCUT2D eigenvalue weighted by Gasteiger charge is -2.12. The summed E-state index contributed by atoms with van der Waals surface area (Å²) in [4.78, 5) is 17.3. The van der Waals surface area contributed by atoms with Crippen molar-refractivity contribution < 1.29 is 31.1 Å². The standard InChI is InChI=1S/C19H9BrF6N4OS/c20-14-15(17(31)28-10-5-2-1-4-9(10)18(21,22)23)29-30-13(19(24,25)26)8-11(27-16(14)30)12-6-3-7-32-12/h1-8H,(H,28,31). The van der Waals surface area contributed by atoms with Gasteiger partial charge in [0.05, 0.1) is 26.3 Å². The maximum absolute atomic E-state index is 13.7. The van der Waals surface area contributed by atoms with Gasteiger partial charge in [-0.05, 0) is 45.6 Å². The highest BCUT2D eigenvalue weighted by Gasteiger charge is 2.37. The fraction of sp³-hybridized carbons (Fsp3) is 0.105. The first-order chi connectivity index (χ1) is 15.0. The monoisotopic (exact) mass is 534 g/mol. The van der Waals surface area contributed by atoms with Crippen molar-refractivity contribution in [1.82, 2.24) is 14.6 Å². The van der Waals surface area contributed by atoms with E-state index in [0.717, 1.165) is 24.3 Å². The van der Waals surface area contributed by atoms with Crippen LogP contribution >= 0.6 is 27.3 Å². The van der Waals surface area contributed by atoms with Crippen LogP contribution in [0.2, 0.25) is 0 Å². The second-order valence-corrected chi connectivity index (χ2v) is 8.14. The van der Waals surface area contributed by atoms with E-state index in [1.807, 2.05) is 0 Å². The smallest absolute Gasteiger partial charge is 0.320 e. The van der Waals surface area contributed by atoms with Gasteiger partial charge in [-0.3, -0.25) is 4.79 Å². The van der Waals surface area contributed by atoms with Gasteiger partial charge < -0.3 is 5.32 Å². The molecule has 5 nitrogen and oxygen atoms in total. The number of nitrogens with zero attached hydrogens (tertiary/aromatic N) is 3. The molecule has 4 rings (SSSR count). The summed E-state index contributed by atoms with van der Waals surface area (Å²) in [5.74, 6) is -1.13. The average Bonchev–Trinajstić information content (AvgIpc) is 3.35. The number of amides is 1. The second kappa shape index (κ2) is 7.89. The molecule has 166 valence electrons. The Bertz CT molecular complexity index is 1310. The molecule has 1 N–H and O–H groups in total. The second-order valence-electron chi connectivity index (χ2n) is 6.40. The number of rotatable bonds is 3. The van der Waals surface area contributed by atoms with Crippen LogP contribution in [0.25, 0.3) is 16.2 Å². The van der Waals surface area contributed by atoms with E-state index in [0.29, 0.717) is 9.39 Å². The van der Waals surface area contributed by atoms with Crippen LogP contribution < -0.4 is 5.32 Å². The van der Waals surface area contributed by atoms with Crippen molar-refractivity contribution in [2.75, 3.05) is 5.32 Å². The lowest BCUT2D eigenvalue weighted by atomic mass is 10.1. The molecule has 4 aromatic rings. The molecule has 3 aromatic heterocycles. The molecule has 0 saturated heterocycles. The van der Waals surface area contributed by atoms with E-state index in [-0.39, 0.29) is 15.8 Å². The molecule has 0 aliphatic rings. The van der Waals surface area contributed by atoms with Crippen molar-refractivity contribution in [2.45, 2.75) is 12.4 Å².